The molecule has 0 unspecified atom stereocenters. The van der Waals surface area contributed by atoms with Gasteiger partial charge in [-0.2, -0.15) is 0 Å². The van der Waals surface area contributed by atoms with Crippen molar-refractivity contribution in [3.05, 3.63) is 0 Å². The van der Waals surface area contributed by atoms with Crippen molar-refractivity contribution in [3.8, 4) is 0 Å². The summed E-state index contributed by atoms with van der Waals surface area (Å²) in [5.41, 5.74) is 0. The van der Waals surface area contributed by atoms with E-state index in [1.807, 2.05) is 4.90 Å². The zero-order valence-electron chi connectivity index (χ0n) is 12.3. The van der Waals surface area contributed by atoms with Crippen LogP contribution in [0.3, 0.4) is 0 Å². The lowest BCUT2D eigenvalue weighted by Gasteiger charge is -2.33. The highest BCUT2D eigenvalue weighted by molar-refractivity contribution is 5.78. The molecule has 116 valence electrons. The maximum Gasteiger partial charge on any atom is 0.304 e. The van der Waals surface area contributed by atoms with Gasteiger partial charge in [0.2, 0.25) is 5.91 Å². The van der Waals surface area contributed by atoms with Crippen LogP contribution in [0.2, 0.25) is 0 Å². The first kappa shape index (κ1) is 16.9. The Hall–Kier alpha value is -1.14. The molecule has 0 aromatic heterocycles. The zero-order valence-corrected chi connectivity index (χ0v) is 12.3. The van der Waals surface area contributed by atoms with E-state index in [-0.39, 0.29) is 18.9 Å². The van der Waals surface area contributed by atoms with Gasteiger partial charge < -0.3 is 15.2 Å². The normalized spacial score (nSPS) is 16.3. The summed E-state index contributed by atoms with van der Waals surface area (Å²) >= 11 is 0. The Morgan fingerprint density at radius 1 is 1.30 bits per heavy atom. The van der Waals surface area contributed by atoms with Crippen LogP contribution >= 0.6 is 0 Å². The van der Waals surface area contributed by atoms with Gasteiger partial charge in [-0.3, -0.25) is 14.5 Å². The molecule has 0 aromatic rings. The number of nitrogens with zero attached hydrogens (tertiary/aromatic N) is 1. The monoisotopic (exact) mass is 286 g/mol. The van der Waals surface area contributed by atoms with Crippen LogP contribution in [0.25, 0.3) is 0 Å². The first-order valence-electron chi connectivity index (χ1n) is 7.35. The Kier molecular flexibility index (Phi) is 8.22. The van der Waals surface area contributed by atoms with Gasteiger partial charge in [-0.05, 0) is 12.8 Å². The van der Waals surface area contributed by atoms with E-state index in [1.54, 1.807) is 7.11 Å². The molecule has 1 fully saturated rings. The fourth-order valence-electron chi connectivity index (χ4n) is 2.61. The predicted molar refractivity (Wildman–Crippen MR) is 75.6 cm³/mol. The number of hydrogen-bond acceptors (Lipinski definition) is 4. The van der Waals surface area contributed by atoms with Crippen molar-refractivity contribution in [2.24, 2.45) is 0 Å². The quantitative estimate of drug-likeness (QED) is 0.615. The topological polar surface area (TPSA) is 78.9 Å². The zero-order chi connectivity index (χ0) is 14.8. The smallest absolute Gasteiger partial charge is 0.304 e. The highest BCUT2D eigenvalue weighted by atomic mass is 16.5. The Balaban J connectivity index is 2.43. The molecule has 6 heteroatoms. The molecule has 1 saturated carbocycles. The minimum absolute atomic E-state index is 0.0574. The maximum atomic E-state index is 11.9. The summed E-state index contributed by atoms with van der Waals surface area (Å²) in [6, 6.07) is 0.344. The summed E-state index contributed by atoms with van der Waals surface area (Å²) in [5, 5.41) is 11.6. The Labute approximate surface area is 120 Å². The summed E-state index contributed by atoms with van der Waals surface area (Å²) in [6.07, 6.45) is 5.78. The molecule has 1 rings (SSSR count). The van der Waals surface area contributed by atoms with Crippen LogP contribution in [0.1, 0.15) is 38.5 Å². The lowest BCUT2D eigenvalue weighted by molar-refractivity contribution is -0.138. The van der Waals surface area contributed by atoms with Crippen molar-refractivity contribution in [2.75, 3.05) is 33.4 Å². The van der Waals surface area contributed by atoms with Gasteiger partial charge in [0.1, 0.15) is 0 Å². The summed E-state index contributed by atoms with van der Waals surface area (Å²) in [5.74, 6) is -0.872. The molecule has 0 bridgehead atoms. The lowest BCUT2D eigenvalue weighted by atomic mass is 9.94. The first-order chi connectivity index (χ1) is 9.63. The lowest BCUT2D eigenvalue weighted by Crippen LogP contribution is -2.45. The van der Waals surface area contributed by atoms with Gasteiger partial charge in [0.25, 0.3) is 0 Å². The third-order valence-electron chi connectivity index (χ3n) is 3.68. The molecule has 20 heavy (non-hydrogen) atoms. The minimum atomic E-state index is -0.814. The van der Waals surface area contributed by atoms with Crippen LogP contribution < -0.4 is 5.32 Å². The molecule has 0 radical (unpaired) electrons. The minimum Gasteiger partial charge on any atom is -0.481 e. The first-order valence-corrected chi connectivity index (χ1v) is 7.35. The van der Waals surface area contributed by atoms with Crippen LogP contribution in [0, 0.1) is 0 Å². The van der Waals surface area contributed by atoms with Crippen molar-refractivity contribution in [3.63, 3.8) is 0 Å². The van der Waals surface area contributed by atoms with Crippen molar-refractivity contribution < 1.29 is 19.4 Å². The number of carboxylic acids is 1. The summed E-state index contributed by atoms with van der Waals surface area (Å²) in [4.78, 5) is 24.6. The van der Waals surface area contributed by atoms with Gasteiger partial charge in [-0.1, -0.05) is 19.3 Å². The Morgan fingerprint density at radius 3 is 2.60 bits per heavy atom. The number of carboxylic acid groups (broad SMARTS) is 1. The number of hydrogen-bond donors (Lipinski definition) is 2. The van der Waals surface area contributed by atoms with Gasteiger partial charge in [0.15, 0.2) is 0 Å². The molecule has 2 N–H and O–H groups in total. The molecule has 0 aromatic carbocycles. The van der Waals surface area contributed by atoms with E-state index in [0.29, 0.717) is 25.7 Å². The second kappa shape index (κ2) is 9.72. The van der Waals surface area contributed by atoms with E-state index in [1.165, 1.54) is 19.3 Å². The molecule has 1 aliphatic carbocycles. The largest absolute Gasteiger partial charge is 0.481 e. The van der Waals surface area contributed by atoms with Gasteiger partial charge in [-0.25, -0.2) is 0 Å². The van der Waals surface area contributed by atoms with E-state index < -0.39 is 5.97 Å². The fraction of sp³-hybridized carbons (Fsp3) is 0.857. The number of amides is 1. The predicted octanol–water partition coefficient (Wildman–Crippen LogP) is 0.858. The van der Waals surface area contributed by atoms with Crippen LogP contribution in [0.4, 0.5) is 0 Å². The molecule has 6 nitrogen and oxygen atoms in total. The molecule has 1 amide bonds. The van der Waals surface area contributed by atoms with Gasteiger partial charge >= 0.3 is 5.97 Å². The number of rotatable bonds is 9. The van der Waals surface area contributed by atoms with Crippen LogP contribution in [0.5, 0.6) is 0 Å². The van der Waals surface area contributed by atoms with Crippen LogP contribution in [-0.2, 0) is 14.3 Å². The molecule has 0 saturated heterocycles. The number of ether oxygens (including phenoxy) is 1. The number of nitrogens with one attached hydrogen (secondary N) is 1. The number of methoxy groups -OCH3 is 1. The van der Waals surface area contributed by atoms with Crippen molar-refractivity contribution >= 4 is 11.9 Å². The highest BCUT2D eigenvalue weighted by Crippen LogP contribution is 2.22. The van der Waals surface area contributed by atoms with E-state index in [2.05, 4.69) is 5.32 Å². The highest BCUT2D eigenvalue weighted by Gasteiger charge is 2.23. The Morgan fingerprint density at radius 2 is 2.00 bits per heavy atom. The molecule has 0 atom stereocenters. The molecule has 0 spiro atoms. The SMILES string of the molecule is COCCNC(=O)CN(CCC(=O)O)C1CCCCC1. The van der Waals surface area contributed by atoms with Crippen molar-refractivity contribution in [1.82, 2.24) is 10.2 Å². The van der Waals surface area contributed by atoms with Gasteiger partial charge in [0.05, 0.1) is 19.6 Å². The van der Waals surface area contributed by atoms with Gasteiger partial charge in [-0.15, -0.1) is 0 Å². The molecule has 0 aliphatic heterocycles. The van der Waals surface area contributed by atoms with Gasteiger partial charge in [0, 0.05) is 26.2 Å². The van der Waals surface area contributed by atoms with E-state index in [4.69, 9.17) is 9.84 Å². The third-order valence-corrected chi connectivity index (χ3v) is 3.68. The average molecular weight is 286 g/mol. The molecular weight excluding hydrogens is 260 g/mol. The second-order valence-electron chi connectivity index (χ2n) is 5.25. The molecule has 1 aliphatic rings. The maximum absolute atomic E-state index is 11.9. The summed E-state index contributed by atoms with van der Waals surface area (Å²) in [7, 11) is 1.59. The fourth-order valence-corrected chi connectivity index (χ4v) is 2.61. The second-order valence-corrected chi connectivity index (χ2v) is 5.25. The third kappa shape index (κ3) is 6.86. The summed E-state index contributed by atoms with van der Waals surface area (Å²) < 4.78 is 4.89. The number of carbonyl (C=O) groups is 2. The molecule has 0 heterocycles. The standard InChI is InChI=1S/C14H26N2O4/c1-20-10-8-15-13(17)11-16(9-7-14(18)19)12-5-3-2-4-6-12/h12H,2-11H2,1H3,(H,15,17)(H,18,19). The average Bonchev–Trinajstić information content (AvgIpc) is 2.44. The molecular formula is C14H26N2O4. The van der Waals surface area contributed by atoms with Crippen LogP contribution in [0.15, 0.2) is 0 Å². The summed E-state index contributed by atoms with van der Waals surface area (Å²) in [6.45, 7) is 1.70. The van der Waals surface area contributed by atoms with Crippen molar-refractivity contribution in [2.45, 2.75) is 44.6 Å². The van der Waals surface area contributed by atoms with Crippen molar-refractivity contribution in [1.29, 1.82) is 0 Å². The van der Waals surface area contributed by atoms with E-state index in [9.17, 15) is 9.59 Å². The number of aliphatic carboxylic acids is 1. The van der Waals surface area contributed by atoms with Crippen LogP contribution in [-0.4, -0.2) is 61.3 Å². The Bertz CT molecular complexity index is 304. The number of carbonyl (C=O) groups excluding carboxylic acids is 1. The van der Waals surface area contributed by atoms with E-state index in [0.717, 1.165) is 12.8 Å². The van der Waals surface area contributed by atoms with E-state index >= 15 is 0 Å².